The number of anilines is 2. The maximum absolute atomic E-state index is 11.7. The predicted octanol–water partition coefficient (Wildman–Crippen LogP) is 2.33. The highest BCUT2D eigenvalue weighted by Crippen LogP contribution is 2.33. The number of aromatic carboxylic acids is 1. The zero-order valence-corrected chi connectivity index (χ0v) is 11.1. The van der Waals surface area contributed by atoms with Crippen molar-refractivity contribution in [3.05, 3.63) is 23.8 Å². The number of carboxylic acid groups (broad SMARTS) is 1. The van der Waals surface area contributed by atoms with Crippen LogP contribution in [-0.2, 0) is 4.79 Å². The van der Waals surface area contributed by atoms with Gasteiger partial charge in [-0.1, -0.05) is 6.07 Å². The molecule has 0 saturated carbocycles. The number of para-hydroxylation sites is 1. The molecular formula is C14H18N2O3. The summed E-state index contributed by atoms with van der Waals surface area (Å²) in [5, 5.41) is 12.0. The lowest BCUT2D eigenvalue weighted by Crippen LogP contribution is -2.35. The van der Waals surface area contributed by atoms with Crippen LogP contribution in [-0.4, -0.2) is 29.6 Å². The summed E-state index contributed by atoms with van der Waals surface area (Å²) in [7, 11) is 0. The van der Waals surface area contributed by atoms with Gasteiger partial charge >= 0.3 is 5.97 Å². The normalized spacial score (nSPS) is 15.5. The van der Waals surface area contributed by atoms with Crippen LogP contribution in [0.3, 0.4) is 0 Å². The number of benzene rings is 1. The minimum atomic E-state index is -1.03. The largest absolute Gasteiger partial charge is 0.478 e. The van der Waals surface area contributed by atoms with Gasteiger partial charge in [0.15, 0.2) is 0 Å². The van der Waals surface area contributed by atoms with Crippen molar-refractivity contribution in [2.45, 2.75) is 32.7 Å². The van der Waals surface area contributed by atoms with Crippen LogP contribution < -0.4 is 10.2 Å². The quantitative estimate of drug-likeness (QED) is 0.858. The first kappa shape index (κ1) is 13.4. The second-order valence-electron chi connectivity index (χ2n) is 4.94. The first-order chi connectivity index (χ1) is 9.00. The van der Waals surface area contributed by atoms with Crippen molar-refractivity contribution in [3.63, 3.8) is 0 Å². The van der Waals surface area contributed by atoms with E-state index < -0.39 is 5.97 Å². The highest BCUT2D eigenvalue weighted by molar-refractivity contribution is 6.04. The molecule has 0 fully saturated rings. The number of amides is 1. The van der Waals surface area contributed by atoms with Crippen molar-refractivity contribution in [3.8, 4) is 0 Å². The average molecular weight is 262 g/mol. The molecule has 0 radical (unpaired) electrons. The van der Waals surface area contributed by atoms with Gasteiger partial charge in [-0.05, 0) is 32.4 Å². The summed E-state index contributed by atoms with van der Waals surface area (Å²) in [6.07, 6.45) is 1.18. The third-order valence-corrected chi connectivity index (χ3v) is 3.27. The molecular weight excluding hydrogens is 244 g/mol. The summed E-state index contributed by atoms with van der Waals surface area (Å²) >= 11 is 0. The van der Waals surface area contributed by atoms with Crippen molar-refractivity contribution >= 4 is 23.3 Å². The summed E-state index contributed by atoms with van der Waals surface area (Å²) in [4.78, 5) is 25.1. The lowest BCUT2D eigenvalue weighted by atomic mass is 10.1. The summed E-state index contributed by atoms with van der Waals surface area (Å²) in [5.74, 6) is -1.15. The molecule has 102 valence electrons. The lowest BCUT2D eigenvalue weighted by molar-refractivity contribution is -0.116. The second kappa shape index (κ2) is 5.30. The van der Waals surface area contributed by atoms with Crippen LogP contribution in [0.5, 0.6) is 0 Å². The minimum Gasteiger partial charge on any atom is -0.478 e. The molecule has 1 heterocycles. The van der Waals surface area contributed by atoms with Gasteiger partial charge in [-0.25, -0.2) is 4.79 Å². The minimum absolute atomic E-state index is 0.127. The molecule has 5 heteroatoms. The summed E-state index contributed by atoms with van der Waals surface area (Å²) in [6.45, 7) is 4.86. The smallest absolute Gasteiger partial charge is 0.337 e. The van der Waals surface area contributed by atoms with E-state index in [0.717, 1.165) is 18.7 Å². The van der Waals surface area contributed by atoms with Crippen LogP contribution >= 0.6 is 0 Å². The van der Waals surface area contributed by atoms with E-state index in [9.17, 15) is 14.7 Å². The van der Waals surface area contributed by atoms with E-state index in [4.69, 9.17) is 0 Å². The fraction of sp³-hybridized carbons (Fsp3) is 0.429. The molecule has 2 N–H and O–H groups in total. The zero-order valence-electron chi connectivity index (χ0n) is 11.1. The second-order valence-corrected chi connectivity index (χ2v) is 4.94. The molecule has 0 atom stereocenters. The molecule has 2 rings (SSSR count). The Kier molecular flexibility index (Phi) is 3.74. The molecule has 1 aromatic rings. The number of carbonyl (C=O) groups is 2. The molecule has 0 bridgehead atoms. The van der Waals surface area contributed by atoms with Gasteiger partial charge in [0.2, 0.25) is 5.91 Å². The van der Waals surface area contributed by atoms with Crippen molar-refractivity contribution in [1.29, 1.82) is 0 Å². The summed E-state index contributed by atoms with van der Waals surface area (Å²) < 4.78 is 0. The lowest BCUT2D eigenvalue weighted by Gasteiger charge is -2.33. The monoisotopic (exact) mass is 262 g/mol. The van der Waals surface area contributed by atoms with Gasteiger partial charge in [0.25, 0.3) is 0 Å². The molecule has 1 aliphatic rings. The maximum atomic E-state index is 11.7. The first-order valence-electron chi connectivity index (χ1n) is 6.43. The van der Waals surface area contributed by atoms with Gasteiger partial charge in [0, 0.05) is 19.0 Å². The molecule has 0 unspecified atom stereocenters. The highest BCUT2D eigenvalue weighted by Gasteiger charge is 2.23. The van der Waals surface area contributed by atoms with E-state index in [-0.39, 0.29) is 17.5 Å². The Bertz CT molecular complexity index is 511. The number of fused-ring (bicyclic) bond motifs is 1. The molecule has 1 aromatic carbocycles. The fourth-order valence-corrected chi connectivity index (χ4v) is 2.36. The van der Waals surface area contributed by atoms with E-state index in [1.54, 1.807) is 6.07 Å². The Morgan fingerprint density at radius 1 is 1.42 bits per heavy atom. The van der Waals surface area contributed by atoms with Gasteiger partial charge in [0.05, 0.1) is 16.9 Å². The zero-order chi connectivity index (χ0) is 14.0. The van der Waals surface area contributed by atoms with Crippen molar-refractivity contribution in [2.75, 3.05) is 16.8 Å². The molecule has 1 aliphatic heterocycles. The van der Waals surface area contributed by atoms with E-state index in [1.807, 2.05) is 6.07 Å². The topological polar surface area (TPSA) is 69.6 Å². The summed E-state index contributed by atoms with van der Waals surface area (Å²) in [6, 6.07) is 5.33. The molecule has 0 saturated heterocycles. The number of rotatable bonds is 2. The Hall–Kier alpha value is -2.04. The van der Waals surface area contributed by atoms with Crippen LogP contribution in [0.2, 0.25) is 0 Å². The third kappa shape index (κ3) is 2.70. The van der Waals surface area contributed by atoms with Crippen LogP contribution in [0, 0.1) is 0 Å². The van der Waals surface area contributed by atoms with Gasteiger partial charge in [-0.3, -0.25) is 4.79 Å². The Labute approximate surface area is 112 Å². The van der Waals surface area contributed by atoms with Crippen LogP contribution in [0.15, 0.2) is 18.2 Å². The molecule has 19 heavy (non-hydrogen) atoms. The van der Waals surface area contributed by atoms with Crippen molar-refractivity contribution in [1.82, 2.24) is 0 Å². The highest BCUT2D eigenvalue weighted by atomic mass is 16.4. The van der Waals surface area contributed by atoms with E-state index in [1.165, 1.54) is 6.07 Å². The first-order valence-corrected chi connectivity index (χ1v) is 6.43. The maximum Gasteiger partial charge on any atom is 0.337 e. The van der Waals surface area contributed by atoms with Gasteiger partial charge in [-0.15, -0.1) is 0 Å². The van der Waals surface area contributed by atoms with E-state index >= 15 is 0 Å². The van der Waals surface area contributed by atoms with E-state index in [2.05, 4.69) is 24.1 Å². The van der Waals surface area contributed by atoms with E-state index in [0.29, 0.717) is 12.1 Å². The predicted molar refractivity (Wildman–Crippen MR) is 73.7 cm³/mol. The standard InChI is InChI=1S/C14H18N2O3/c1-9(2)16-8-4-7-12(17)15-13-10(14(18)19)5-3-6-11(13)16/h3,5-6,9H,4,7-8H2,1-2H3,(H,15,17)(H,18,19). The van der Waals surface area contributed by atoms with Crippen LogP contribution in [0.1, 0.15) is 37.0 Å². The SMILES string of the molecule is CC(C)N1CCCC(=O)Nc2c(C(=O)O)cccc21. The number of carboxylic acids is 1. The molecule has 1 amide bonds. The number of nitrogens with zero attached hydrogens (tertiary/aromatic N) is 1. The van der Waals surface area contributed by atoms with Crippen molar-refractivity contribution < 1.29 is 14.7 Å². The third-order valence-electron chi connectivity index (χ3n) is 3.27. The Morgan fingerprint density at radius 2 is 2.16 bits per heavy atom. The fourth-order valence-electron chi connectivity index (χ4n) is 2.36. The van der Waals surface area contributed by atoms with Gasteiger partial charge in [-0.2, -0.15) is 0 Å². The number of nitrogens with one attached hydrogen (secondary N) is 1. The van der Waals surface area contributed by atoms with Gasteiger partial charge < -0.3 is 15.3 Å². The molecule has 0 spiro atoms. The number of hydrogen-bond donors (Lipinski definition) is 2. The van der Waals surface area contributed by atoms with Crippen molar-refractivity contribution in [2.24, 2.45) is 0 Å². The molecule has 0 aliphatic carbocycles. The van der Waals surface area contributed by atoms with Crippen LogP contribution in [0.4, 0.5) is 11.4 Å². The number of carbonyl (C=O) groups excluding carboxylic acids is 1. The Balaban J connectivity index is 2.57. The molecule has 5 nitrogen and oxygen atoms in total. The molecule has 0 aromatic heterocycles. The Morgan fingerprint density at radius 3 is 2.79 bits per heavy atom. The van der Waals surface area contributed by atoms with Crippen LogP contribution in [0.25, 0.3) is 0 Å². The average Bonchev–Trinajstić information content (AvgIpc) is 2.32. The number of hydrogen-bond acceptors (Lipinski definition) is 3. The summed E-state index contributed by atoms with van der Waals surface area (Å²) in [5.41, 5.74) is 1.33. The van der Waals surface area contributed by atoms with Gasteiger partial charge in [0.1, 0.15) is 0 Å².